The number of rotatable bonds is 4. The topological polar surface area (TPSA) is 23.5 Å². The molecule has 2 rings (SSSR count). The van der Waals surface area contributed by atoms with Gasteiger partial charge in [0.15, 0.2) is 0 Å². The van der Waals surface area contributed by atoms with Crippen molar-refractivity contribution >= 4 is 0 Å². The van der Waals surface area contributed by atoms with E-state index >= 15 is 0 Å². The van der Waals surface area contributed by atoms with Crippen LogP contribution in [0.1, 0.15) is 30.9 Å². The molecule has 0 bridgehead atoms. The Morgan fingerprint density at radius 1 is 1.13 bits per heavy atom. The molecule has 82 valence electrons. The molecule has 0 aromatic heterocycles. The highest BCUT2D eigenvalue weighted by molar-refractivity contribution is 5.17. The summed E-state index contributed by atoms with van der Waals surface area (Å²) < 4.78 is 0. The number of hydrogen-bond donors (Lipinski definition) is 1. The fourth-order valence-corrected chi connectivity index (χ4v) is 2.15. The van der Waals surface area contributed by atoms with Crippen LogP contribution in [0.3, 0.4) is 0 Å². The highest BCUT2D eigenvalue weighted by Crippen LogP contribution is 2.17. The third kappa shape index (κ3) is 3.05. The second-order valence-corrected chi connectivity index (χ2v) is 4.26. The average molecular weight is 205 g/mol. The highest BCUT2D eigenvalue weighted by Gasteiger charge is 2.13. The fraction of sp³-hybridized carbons (Fsp3) is 0.538. The summed E-state index contributed by atoms with van der Waals surface area (Å²) in [7, 11) is 0. The van der Waals surface area contributed by atoms with E-state index in [9.17, 15) is 5.11 Å². The van der Waals surface area contributed by atoms with E-state index < -0.39 is 0 Å². The van der Waals surface area contributed by atoms with Crippen LogP contribution >= 0.6 is 0 Å². The summed E-state index contributed by atoms with van der Waals surface area (Å²) in [6.07, 6.45) is 3.19. The summed E-state index contributed by atoms with van der Waals surface area (Å²) >= 11 is 0. The Morgan fingerprint density at radius 3 is 2.47 bits per heavy atom. The number of aliphatic hydroxyl groups excluding tert-OH is 1. The smallest absolute Gasteiger partial charge is 0.0802 e. The molecule has 1 aromatic rings. The molecular formula is C13H19NO. The number of benzene rings is 1. The molecule has 1 aliphatic rings. The number of likely N-dealkylation sites (tertiary alicyclic amines) is 1. The van der Waals surface area contributed by atoms with E-state index in [-0.39, 0.29) is 6.10 Å². The second kappa shape index (κ2) is 5.29. The molecule has 0 spiro atoms. The van der Waals surface area contributed by atoms with Gasteiger partial charge in [0.2, 0.25) is 0 Å². The van der Waals surface area contributed by atoms with Gasteiger partial charge in [-0.1, -0.05) is 30.3 Å². The first-order valence-electron chi connectivity index (χ1n) is 5.81. The summed E-state index contributed by atoms with van der Waals surface area (Å²) in [5.41, 5.74) is 1.04. The van der Waals surface area contributed by atoms with Gasteiger partial charge in [-0.05, 0) is 37.9 Å². The van der Waals surface area contributed by atoms with Crippen molar-refractivity contribution in [2.24, 2.45) is 0 Å². The Balaban J connectivity index is 1.79. The zero-order chi connectivity index (χ0) is 10.5. The first kappa shape index (κ1) is 10.7. The Hall–Kier alpha value is -0.860. The lowest BCUT2D eigenvalue weighted by Crippen LogP contribution is -2.22. The van der Waals surface area contributed by atoms with Crippen molar-refractivity contribution < 1.29 is 5.11 Å². The zero-order valence-electron chi connectivity index (χ0n) is 9.10. The van der Waals surface area contributed by atoms with Gasteiger partial charge in [0.05, 0.1) is 6.10 Å². The van der Waals surface area contributed by atoms with Crippen LogP contribution in [0.2, 0.25) is 0 Å². The van der Waals surface area contributed by atoms with Crippen LogP contribution in [0.5, 0.6) is 0 Å². The highest BCUT2D eigenvalue weighted by atomic mass is 16.3. The molecule has 0 radical (unpaired) electrons. The van der Waals surface area contributed by atoms with E-state index in [0.717, 1.165) is 18.5 Å². The molecule has 15 heavy (non-hydrogen) atoms. The lowest BCUT2D eigenvalue weighted by atomic mass is 10.1. The van der Waals surface area contributed by atoms with Crippen molar-refractivity contribution in [1.29, 1.82) is 0 Å². The predicted molar refractivity (Wildman–Crippen MR) is 61.7 cm³/mol. The Morgan fingerprint density at radius 2 is 1.80 bits per heavy atom. The van der Waals surface area contributed by atoms with Crippen LogP contribution in [-0.2, 0) is 0 Å². The van der Waals surface area contributed by atoms with Gasteiger partial charge in [0, 0.05) is 6.54 Å². The molecule has 1 aromatic carbocycles. The monoisotopic (exact) mass is 205 g/mol. The number of hydrogen-bond acceptors (Lipinski definition) is 2. The molecule has 1 aliphatic heterocycles. The minimum atomic E-state index is -0.299. The van der Waals surface area contributed by atoms with Gasteiger partial charge in [0.1, 0.15) is 0 Å². The van der Waals surface area contributed by atoms with Gasteiger partial charge < -0.3 is 10.0 Å². The summed E-state index contributed by atoms with van der Waals surface area (Å²) in [5.74, 6) is 0. The van der Waals surface area contributed by atoms with Crippen LogP contribution in [0.25, 0.3) is 0 Å². The maximum atomic E-state index is 9.95. The van der Waals surface area contributed by atoms with Crippen molar-refractivity contribution in [2.75, 3.05) is 19.6 Å². The summed E-state index contributed by atoms with van der Waals surface area (Å²) in [6.45, 7) is 3.44. The fourth-order valence-electron chi connectivity index (χ4n) is 2.15. The maximum Gasteiger partial charge on any atom is 0.0802 e. The van der Waals surface area contributed by atoms with Gasteiger partial charge in [-0.15, -0.1) is 0 Å². The molecule has 0 saturated carbocycles. The van der Waals surface area contributed by atoms with Crippen LogP contribution in [0.4, 0.5) is 0 Å². The van der Waals surface area contributed by atoms with Crippen molar-refractivity contribution in [3.05, 3.63) is 35.9 Å². The first-order valence-corrected chi connectivity index (χ1v) is 5.81. The minimum absolute atomic E-state index is 0.299. The van der Waals surface area contributed by atoms with E-state index in [0.29, 0.717) is 0 Å². The van der Waals surface area contributed by atoms with E-state index in [4.69, 9.17) is 0 Å². The van der Waals surface area contributed by atoms with E-state index in [1.807, 2.05) is 30.3 Å². The molecule has 2 nitrogen and oxygen atoms in total. The summed E-state index contributed by atoms with van der Waals surface area (Å²) in [4.78, 5) is 2.44. The molecule has 0 amide bonds. The third-order valence-corrected chi connectivity index (χ3v) is 3.10. The standard InChI is InChI=1S/C13H19NO/c15-13(12-6-2-1-3-7-12)8-11-14-9-4-5-10-14/h1-3,6-7,13,15H,4-5,8-11H2/t13-/m0/s1. The zero-order valence-corrected chi connectivity index (χ0v) is 9.10. The van der Waals surface area contributed by atoms with E-state index in [1.54, 1.807) is 0 Å². The summed E-state index contributed by atoms with van der Waals surface area (Å²) in [6, 6.07) is 9.93. The Kier molecular flexibility index (Phi) is 3.75. The van der Waals surface area contributed by atoms with Crippen molar-refractivity contribution in [3.8, 4) is 0 Å². The molecule has 1 N–H and O–H groups in total. The van der Waals surface area contributed by atoms with Gasteiger partial charge in [0.25, 0.3) is 0 Å². The predicted octanol–water partition coefficient (Wildman–Crippen LogP) is 2.21. The van der Waals surface area contributed by atoms with E-state index in [2.05, 4.69) is 4.90 Å². The van der Waals surface area contributed by atoms with Crippen LogP contribution in [-0.4, -0.2) is 29.6 Å². The lowest BCUT2D eigenvalue weighted by Gasteiger charge is -2.17. The van der Waals surface area contributed by atoms with Crippen LogP contribution in [0.15, 0.2) is 30.3 Å². The second-order valence-electron chi connectivity index (χ2n) is 4.26. The molecular weight excluding hydrogens is 186 g/mol. The summed E-state index contributed by atoms with van der Waals surface area (Å²) in [5, 5.41) is 9.95. The van der Waals surface area contributed by atoms with Crippen molar-refractivity contribution in [3.63, 3.8) is 0 Å². The lowest BCUT2D eigenvalue weighted by molar-refractivity contribution is 0.149. The molecule has 1 fully saturated rings. The van der Waals surface area contributed by atoms with Gasteiger partial charge >= 0.3 is 0 Å². The minimum Gasteiger partial charge on any atom is -0.388 e. The first-order chi connectivity index (χ1) is 7.36. The molecule has 2 heteroatoms. The van der Waals surface area contributed by atoms with E-state index in [1.165, 1.54) is 25.9 Å². The van der Waals surface area contributed by atoms with Crippen LogP contribution in [0, 0.1) is 0 Å². The third-order valence-electron chi connectivity index (χ3n) is 3.10. The molecule has 0 aliphatic carbocycles. The quantitative estimate of drug-likeness (QED) is 0.814. The Labute approximate surface area is 91.5 Å². The number of nitrogens with zero attached hydrogens (tertiary/aromatic N) is 1. The molecule has 1 heterocycles. The Bertz CT molecular complexity index is 280. The largest absolute Gasteiger partial charge is 0.388 e. The van der Waals surface area contributed by atoms with Crippen molar-refractivity contribution in [2.45, 2.75) is 25.4 Å². The molecule has 1 atom stereocenters. The molecule has 0 unspecified atom stereocenters. The number of aliphatic hydroxyl groups is 1. The average Bonchev–Trinajstić information content (AvgIpc) is 2.80. The SMILES string of the molecule is O[C@@H](CCN1CCCC1)c1ccccc1. The maximum absolute atomic E-state index is 9.95. The molecule has 1 saturated heterocycles. The van der Waals surface area contributed by atoms with Gasteiger partial charge in [-0.3, -0.25) is 0 Å². The van der Waals surface area contributed by atoms with Crippen molar-refractivity contribution in [1.82, 2.24) is 4.90 Å². The normalized spacial score (nSPS) is 19.3. The van der Waals surface area contributed by atoms with Gasteiger partial charge in [-0.25, -0.2) is 0 Å². The van der Waals surface area contributed by atoms with Gasteiger partial charge in [-0.2, -0.15) is 0 Å². The van der Waals surface area contributed by atoms with Crippen LogP contribution < -0.4 is 0 Å².